The molecule has 0 aliphatic heterocycles. The van der Waals surface area contributed by atoms with Gasteiger partial charge in [-0.05, 0) is 36.8 Å². The smallest absolute Gasteiger partial charge is 0.258 e. The number of para-hydroxylation sites is 2. The average molecular weight is 315 g/mol. The molecular weight excluding hydrogens is 294 g/mol. The largest absolute Gasteiger partial charge is 0.497 e. The fourth-order valence-corrected chi connectivity index (χ4v) is 1.98. The average Bonchev–Trinajstić information content (AvgIpc) is 2.60. The van der Waals surface area contributed by atoms with Crippen LogP contribution in [0.1, 0.15) is 12.5 Å². The summed E-state index contributed by atoms with van der Waals surface area (Å²) in [5.74, 6) is 1.80. The third-order valence-corrected chi connectivity index (χ3v) is 3.16. The zero-order chi connectivity index (χ0) is 16.5. The van der Waals surface area contributed by atoms with Crippen LogP contribution in [0.15, 0.2) is 48.5 Å². The van der Waals surface area contributed by atoms with E-state index in [1.165, 1.54) is 0 Å². The molecule has 0 heterocycles. The molecule has 0 aliphatic rings. The molecule has 0 radical (unpaired) electrons. The highest BCUT2D eigenvalue weighted by molar-refractivity contribution is 5.77. The number of carbonyl (C=O) groups excluding carboxylic acids is 1. The van der Waals surface area contributed by atoms with Crippen molar-refractivity contribution in [1.82, 2.24) is 5.32 Å². The van der Waals surface area contributed by atoms with Crippen molar-refractivity contribution >= 4 is 5.91 Å². The molecule has 23 heavy (non-hydrogen) atoms. The fraction of sp³-hybridized carbons (Fsp3) is 0.278. The maximum atomic E-state index is 11.9. The second kappa shape index (κ2) is 8.68. The molecule has 0 atom stereocenters. The van der Waals surface area contributed by atoms with Gasteiger partial charge in [-0.15, -0.1) is 0 Å². The summed E-state index contributed by atoms with van der Waals surface area (Å²) < 4.78 is 16.1. The quantitative estimate of drug-likeness (QED) is 0.814. The van der Waals surface area contributed by atoms with Crippen LogP contribution in [-0.4, -0.2) is 26.2 Å². The van der Waals surface area contributed by atoms with Crippen molar-refractivity contribution in [3.63, 3.8) is 0 Å². The Hall–Kier alpha value is -2.69. The van der Waals surface area contributed by atoms with Gasteiger partial charge in [-0.25, -0.2) is 0 Å². The molecule has 0 saturated heterocycles. The summed E-state index contributed by atoms with van der Waals surface area (Å²) in [6, 6.07) is 14.8. The lowest BCUT2D eigenvalue weighted by molar-refractivity contribution is -0.123. The Labute approximate surface area is 136 Å². The Morgan fingerprint density at radius 2 is 1.65 bits per heavy atom. The van der Waals surface area contributed by atoms with Crippen LogP contribution in [0.25, 0.3) is 0 Å². The van der Waals surface area contributed by atoms with Crippen molar-refractivity contribution in [3.05, 3.63) is 54.1 Å². The molecule has 1 amide bonds. The van der Waals surface area contributed by atoms with Crippen LogP contribution in [0, 0.1) is 0 Å². The molecular formula is C18H21NO4. The molecule has 5 heteroatoms. The molecule has 5 nitrogen and oxygen atoms in total. The van der Waals surface area contributed by atoms with Gasteiger partial charge in [-0.2, -0.15) is 0 Å². The molecule has 2 rings (SSSR count). The lowest BCUT2D eigenvalue weighted by atomic mass is 10.2. The normalized spacial score (nSPS) is 10.0. The van der Waals surface area contributed by atoms with Crippen molar-refractivity contribution in [2.75, 3.05) is 20.3 Å². The van der Waals surface area contributed by atoms with Crippen molar-refractivity contribution in [1.29, 1.82) is 0 Å². The Kier molecular flexibility index (Phi) is 6.29. The summed E-state index contributed by atoms with van der Waals surface area (Å²) in [7, 11) is 1.62. The topological polar surface area (TPSA) is 56.8 Å². The number of rotatable bonds is 8. The van der Waals surface area contributed by atoms with Gasteiger partial charge >= 0.3 is 0 Å². The van der Waals surface area contributed by atoms with Crippen molar-refractivity contribution in [3.8, 4) is 17.2 Å². The van der Waals surface area contributed by atoms with Crippen molar-refractivity contribution in [2.45, 2.75) is 13.5 Å². The summed E-state index contributed by atoms with van der Waals surface area (Å²) >= 11 is 0. The lowest BCUT2D eigenvalue weighted by Gasteiger charge is -2.11. The maximum Gasteiger partial charge on any atom is 0.258 e. The Balaban J connectivity index is 1.81. The van der Waals surface area contributed by atoms with E-state index in [1.807, 2.05) is 49.4 Å². The van der Waals surface area contributed by atoms with Gasteiger partial charge in [0.05, 0.1) is 13.7 Å². The van der Waals surface area contributed by atoms with E-state index < -0.39 is 0 Å². The van der Waals surface area contributed by atoms with Crippen LogP contribution in [-0.2, 0) is 11.3 Å². The number of hydrogen-bond acceptors (Lipinski definition) is 4. The Morgan fingerprint density at radius 3 is 2.26 bits per heavy atom. The van der Waals surface area contributed by atoms with E-state index in [0.717, 1.165) is 11.3 Å². The zero-order valence-electron chi connectivity index (χ0n) is 13.4. The van der Waals surface area contributed by atoms with Crippen molar-refractivity contribution < 1.29 is 19.0 Å². The third kappa shape index (κ3) is 5.21. The van der Waals surface area contributed by atoms with Crippen LogP contribution in [0.2, 0.25) is 0 Å². The molecule has 0 aliphatic carbocycles. The Bertz CT molecular complexity index is 625. The molecule has 1 N–H and O–H groups in total. The molecule has 0 spiro atoms. The van der Waals surface area contributed by atoms with E-state index in [2.05, 4.69) is 5.32 Å². The first-order valence-corrected chi connectivity index (χ1v) is 7.47. The lowest BCUT2D eigenvalue weighted by Crippen LogP contribution is -2.28. The maximum absolute atomic E-state index is 11.9. The van der Waals surface area contributed by atoms with Crippen LogP contribution in [0.4, 0.5) is 0 Å². The summed E-state index contributed by atoms with van der Waals surface area (Å²) in [6.07, 6.45) is 0. The molecule has 0 saturated carbocycles. The highest BCUT2D eigenvalue weighted by Gasteiger charge is 2.07. The van der Waals surface area contributed by atoms with Crippen LogP contribution in [0.5, 0.6) is 17.2 Å². The van der Waals surface area contributed by atoms with Gasteiger partial charge < -0.3 is 19.5 Å². The van der Waals surface area contributed by atoms with Gasteiger partial charge in [-0.1, -0.05) is 24.3 Å². The van der Waals surface area contributed by atoms with Gasteiger partial charge in [0.15, 0.2) is 18.1 Å². The fourth-order valence-electron chi connectivity index (χ4n) is 1.98. The number of nitrogens with one attached hydrogen (secondary N) is 1. The number of ether oxygens (including phenoxy) is 3. The number of methoxy groups -OCH3 is 1. The predicted molar refractivity (Wildman–Crippen MR) is 87.9 cm³/mol. The van der Waals surface area contributed by atoms with Gasteiger partial charge in [-0.3, -0.25) is 4.79 Å². The monoisotopic (exact) mass is 315 g/mol. The molecule has 2 aromatic carbocycles. The van der Waals surface area contributed by atoms with E-state index in [9.17, 15) is 4.79 Å². The minimum Gasteiger partial charge on any atom is -0.497 e. The number of benzene rings is 2. The van der Waals surface area contributed by atoms with Gasteiger partial charge in [0, 0.05) is 6.54 Å². The molecule has 122 valence electrons. The highest BCUT2D eigenvalue weighted by Crippen LogP contribution is 2.26. The van der Waals surface area contributed by atoms with Crippen LogP contribution >= 0.6 is 0 Å². The zero-order valence-corrected chi connectivity index (χ0v) is 13.4. The number of carbonyl (C=O) groups is 1. The number of amides is 1. The summed E-state index contributed by atoms with van der Waals surface area (Å²) in [4.78, 5) is 11.9. The minimum atomic E-state index is -0.188. The molecule has 0 aromatic heterocycles. The standard InChI is InChI=1S/C18H21NO4/c1-3-22-16-6-4-5-7-17(16)23-13-18(20)19-12-14-8-10-15(21-2)11-9-14/h4-11H,3,12-13H2,1-2H3,(H,19,20). The Morgan fingerprint density at radius 1 is 1.00 bits per heavy atom. The highest BCUT2D eigenvalue weighted by atomic mass is 16.5. The van der Waals surface area contributed by atoms with Gasteiger partial charge in [0.25, 0.3) is 5.91 Å². The molecule has 2 aromatic rings. The van der Waals surface area contributed by atoms with Gasteiger partial charge in [0.2, 0.25) is 0 Å². The molecule has 0 bridgehead atoms. The van der Waals surface area contributed by atoms with Crippen LogP contribution < -0.4 is 19.5 Å². The van der Waals surface area contributed by atoms with E-state index >= 15 is 0 Å². The summed E-state index contributed by atoms with van der Waals surface area (Å²) in [5.41, 5.74) is 0.994. The van der Waals surface area contributed by atoms with E-state index in [1.54, 1.807) is 13.2 Å². The number of hydrogen-bond donors (Lipinski definition) is 1. The van der Waals surface area contributed by atoms with Gasteiger partial charge in [0.1, 0.15) is 5.75 Å². The van der Waals surface area contributed by atoms with Crippen LogP contribution in [0.3, 0.4) is 0 Å². The molecule has 0 fully saturated rings. The molecule has 0 unspecified atom stereocenters. The van der Waals surface area contributed by atoms with E-state index in [-0.39, 0.29) is 12.5 Å². The van der Waals surface area contributed by atoms with E-state index in [4.69, 9.17) is 14.2 Å². The second-order valence-electron chi connectivity index (χ2n) is 4.79. The minimum absolute atomic E-state index is 0.0553. The predicted octanol–water partition coefficient (Wildman–Crippen LogP) is 2.79. The summed E-state index contributed by atoms with van der Waals surface area (Å²) in [6.45, 7) is 2.84. The third-order valence-electron chi connectivity index (χ3n) is 3.16. The first kappa shape index (κ1) is 16.7. The van der Waals surface area contributed by atoms with E-state index in [0.29, 0.717) is 24.7 Å². The first-order chi connectivity index (χ1) is 11.2. The van der Waals surface area contributed by atoms with Crippen molar-refractivity contribution in [2.24, 2.45) is 0 Å². The summed E-state index contributed by atoms with van der Waals surface area (Å²) in [5, 5.41) is 2.81. The first-order valence-electron chi connectivity index (χ1n) is 7.47. The SMILES string of the molecule is CCOc1ccccc1OCC(=O)NCc1ccc(OC)cc1. The second-order valence-corrected chi connectivity index (χ2v) is 4.79.